The van der Waals surface area contributed by atoms with Gasteiger partial charge in [-0.3, -0.25) is 0 Å². The summed E-state index contributed by atoms with van der Waals surface area (Å²) in [6, 6.07) is 12.7. The van der Waals surface area contributed by atoms with Crippen LogP contribution in [0.2, 0.25) is 0 Å². The predicted octanol–water partition coefficient (Wildman–Crippen LogP) is 3.06. The summed E-state index contributed by atoms with van der Waals surface area (Å²) in [5.74, 6) is 0. The van der Waals surface area contributed by atoms with Crippen molar-refractivity contribution in [2.45, 2.75) is 19.4 Å². The summed E-state index contributed by atoms with van der Waals surface area (Å²) in [6.45, 7) is 0.995. The van der Waals surface area contributed by atoms with E-state index >= 15 is 0 Å². The highest BCUT2D eigenvalue weighted by Crippen LogP contribution is 2.12. The van der Waals surface area contributed by atoms with Gasteiger partial charge in [0.1, 0.15) is 12.0 Å². The third-order valence-corrected chi connectivity index (χ3v) is 3.13. The lowest BCUT2D eigenvalue weighted by molar-refractivity contribution is 0.657. The molecule has 0 radical (unpaired) electrons. The van der Waals surface area contributed by atoms with Gasteiger partial charge in [-0.1, -0.05) is 30.3 Å². The van der Waals surface area contributed by atoms with Crippen LogP contribution in [0.4, 0.5) is 0 Å². The molecule has 90 valence electrons. The van der Waals surface area contributed by atoms with Gasteiger partial charge in [0, 0.05) is 24.3 Å². The zero-order valence-electron chi connectivity index (χ0n) is 10.2. The molecule has 0 spiro atoms. The van der Waals surface area contributed by atoms with E-state index in [4.69, 9.17) is 0 Å². The molecule has 0 unspecified atom stereocenters. The van der Waals surface area contributed by atoms with Gasteiger partial charge in [0.15, 0.2) is 0 Å². The molecule has 0 saturated carbocycles. The second-order valence-corrected chi connectivity index (χ2v) is 4.40. The quantitative estimate of drug-likeness (QED) is 0.698. The number of nitrogens with zero attached hydrogens (tertiary/aromatic N) is 3. The van der Waals surface area contributed by atoms with E-state index in [9.17, 15) is 0 Å². The lowest BCUT2D eigenvalue weighted by atomic mass is 10.1. The van der Waals surface area contributed by atoms with Crippen molar-refractivity contribution in [2.24, 2.45) is 0 Å². The summed E-state index contributed by atoms with van der Waals surface area (Å²) in [5.41, 5.74) is 2.42. The second kappa shape index (κ2) is 5.00. The van der Waals surface area contributed by atoms with Crippen LogP contribution in [-0.2, 0) is 13.0 Å². The molecule has 2 aromatic heterocycles. The van der Waals surface area contributed by atoms with Gasteiger partial charge in [0.25, 0.3) is 0 Å². The fourth-order valence-corrected chi connectivity index (χ4v) is 2.21. The Hall–Kier alpha value is -2.16. The monoisotopic (exact) mass is 237 g/mol. The average Bonchev–Trinajstić information content (AvgIpc) is 2.84. The molecule has 0 aliphatic heterocycles. The highest BCUT2D eigenvalue weighted by atomic mass is 15.0. The van der Waals surface area contributed by atoms with Crippen molar-refractivity contribution in [3.8, 4) is 0 Å². The number of aryl methyl sites for hydroxylation is 2. The molecule has 18 heavy (non-hydrogen) atoms. The van der Waals surface area contributed by atoms with Gasteiger partial charge in [0.2, 0.25) is 0 Å². The van der Waals surface area contributed by atoms with E-state index in [0.29, 0.717) is 0 Å². The smallest absolute Gasteiger partial charge is 0.143 e. The van der Waals surface area contributed by atoms with Crippen molar-refractivity contribution in [3.05, 3.63) is 60.7 Å². The Morgan fingerprint density at radius 2 is 1.94 bits per heavy atom. The van der Waals surface area contributed by atoms with Gasteiger partial charge in [-0.05, 0) is 24.5 Å². The second-order valence-electron chi connectivity index (χ2n) is 4.40. The summed E-state index contributed by atoms with van der Waals surface area (Å²) in [7, 11) is 0. The van der Waals surface area contributed by atoms with Crippen LogP contribution in [0.5, 0.6) is 0 Å². The third kappa shape index (κ3) is 2.25. The van der Waals surface area contributed by atoms with Crippen LogP contribution < -0.4 is 0 Å². The highest BCUT2D eigenvalue weighted by Gasteiger charge is 2.01. The molecule has 0 aliphatic carbocycles. The standard InChI is InChI=1S/C15H15N3/c1-2-5-13(6-3-1)7-4-9-18-10-8-14-11-16-12-17-15(14)18/h1-3,5-6,8,10-12H,4,7,9H2. The van der Waals surface area contributed by atoms with Gasteiger partial charge in [-0.15, -0.1) is 0 Å². The van der Waals surface area contributed by atoms with E-state index < -0.39 is 0 Å². The maximum absolute atomic E-state index is 4.32. The van der Waals surface area contributed by atoms with Crippen molar-refractivity contribution in [1.82, 2.24) is 14.5 Å². The van der Waals surface area contributed by atoms with Gasteiger partial charge in [-0.25, -0.2) is 9.97 Å². The fourth-order valence-electron chi connectivity index (χ4n) is 2.21. The SMILES string of the molecule is c1ccc(CCCn2ccc3cncnc32)cc1. The van der Waals surface area contributed by atoms with Crippen LogP contribution in [0.3, 0.4) is 0 Å². The maximum Gasteiger partial charge on any atom is 0.143 e. The molecule has 0 bridgehead atoms. The topological polar surface area (TPSA) is 30.7 Å². The summed E-state index contributed by atoms with van der Waals surface area (Å²) >= 11 is 0. The normalized spacial score (nSPS) is 10.9. The molecule has 3 rings (SSSR count). The van der Waals surface area contributed by atoms with E-state index in [1.54, 1.807) is 6.33 Å². The maximum atomic E-state index is 4.32. The first-order valence-corrected chi connectivity index (χ1v) is 6.22. The molecule has 0 aliphatic rings. The van der Waals surface area contributed by atoms with E-state index in [1.807, 2.05) is 6.20 Å². The molecule has 3 nitrogen and oxygen atoms in total. The van der Waals surface area contributed by atoms with E-state index in [2.05, 4.69) is 57.1 Å². The van der Waals surface area contributed by atoms with Crippen LogP contribution in [0.25, 0.3) is 11.0 Å². The van der Waals surface area contributed by atoms with Crippen LogP contribution >= 0.6 is 0 Å². The largest absolute Gasteiger partial charge is 0.332 e. The number of fused-ring (bicyclic) bond motifs is 1. The van der Waals surface area contributed by atoms with Crippen molar-refractivity contribution >= 4 is 11.0 Å². The number of hydrogen-bond acceptors (Lipinski definition) is 2. The Morgan fingerprint density at radius 3 is 2.83 bits per heavy atom. The molecule has 0 amide bonds. The minimum Gasteiger partial charge on any atom is -0.332 e. The summed E-state index contributed by atoms with van der Waals surface area (Å²) in [4.78, 5) is 8.35. The van der Waals surface area contributed by atoms with Gasteiger partial charge in [-0.2, -0.15) is 0 Å². The van der Waals surface area contributed by atoms with Crippen molar-refractivity contribution in [1.29, 1.82) is 0 Å². The van der Waals surface area contributed by atoms with Crippen molar-refractivity contribution < 1.29 is 0 Å². The van der Waals surface area contributed by atoms with Crippen molar-refractivity contribution in [3.63, 3.8) is 0 Å². The van der Waals surface area contributed by atoms with Crippen LogP contribution in [0, 0.1) is 0 Å². The van der Waals surface area contributed by atoms with E-state index in [1.165, 1.54) is 5.56 Å². The number of rotatable bonds is 4. The predicted molar refractivity (Wildman–Crippen MR) is 72.3 cm³/mol. The molecule has 0 atom stereocenters. The summed E-state index contributed by atoms with van der Waals surface area (Å²) in [6.07, 6.45) is 7.78. The Bertz CT molecular complexity index is 628. The molecular weight excluding hydrogens is 222 g/mol. The van der Waals surface area contributed by atoms with Gasteiger partial charge in [0.05, 0.1) is 0 Å². The minimum atomic E-state index is 0.995. The Morgan fingerprint density at radius 1 is 1.06 bits per heavy atom. The highest BCUT2D eigenvalue weighted by molar-refractivity contribution is 5.74. The van der Waals surface area contributed by atoms with Crippen LogP contribution in [0.15, 0.2) is 55.1 Å². The first kappa shape index (κ1) is 11.0. The third-order valence-electron chi connectivity index (χ3n) is 3.13. The molecule has 1 aromatic carbocycles. The van der Waals surface area contributed by atoms with Gasteiger partial charge < -0.3 is 4.57 Å². The molecule has 3 aromatic rings. The Kier molecular flexibility index (Phi) is 3.05. The minimum absolute atomic E-state index is 0.995. The zero-order valence-corrected chi connectivity index (χ0v) is 10.2. The number of hydrogen-bond donors (Lipinski definition) is 0. The van der Waals surface area contributed by atoms with Crippen LogP contribution in [-0.4, -0.2) is 14.5 Å². The summed E-state index contributed by atoms with van der Waals surface area (Å²) < 4.78 is 2.19. The molecule has 0 fully saturated rings. The van der Waals surface area contributed by atoms with Crippen LogP contribution in [0.1, 0.15) is 12.0 Å². The van der Waals surface area contributed by atoms with E-state index in [-0.39, 0.29) is 0 Å². The fraction of sp³-hybridized carbons (Fsp3) is 0.200. The lowest BCUT2D eigenvalue weighted by Gasteiger charge is -2.04. The number of benzene rings is 1. The lowest BCUT2D eigenvalue weighted by Crippen LogP contribution is -1.99. The molecular formula is C15H15N3. The average molecular weight is 237 g/mol. The summed E-state index contributed by atoms with van der Waals surface area (Å²) in [5, 5.41) is 1.11. The molecule has 0 saturated heterocycles. The Balaban J connectivity index is 1.67. The molecule has 0 N–H and O–H groups in total. The molecule has 3 heteroatoms. The number of aromatic nitrogens is 3. The van der Waals surface area contributed by atoms with E-state index in [0.717, 1.165) is 30.4 Å². The van der Waals surface area contributed by atoms with Crippen molar-refractivity contribution in [2.75, 3.05) is 0 Å². The first-order valence-electron chi connectivity index (χ1n) is 6.22. The Labute approximate surface area is 106 Å². The van der Waals surface area contributed by atoms with Gasteiger partial charge >= 0.3 is 0 Å². The molecule has 2 heterocycles. The zero-order chi connectivity index (χ0) is 12.2. The first-order chi connectivity index (χ1) is 8.93.